The summed E-state index contributed by atoms with van der Waals surface area (Å²) in [6.07, 6.45) is 5.78. The molecule has 2 amide bonds. The van der Waals surface area contributed by atoms with E-state index in [0.717, 1.165) is 6.42 Å². The van der Waals surface area contributed by atoms with Crippen LogP contribution in [0.2, 0.25) is 0 Å². The largest absolute Gasteiger partial charge is 0.436 e. The van der Waals surface area contributed by atoms with Gasteiger partial charge >= 0.3 is 0 Å². The highest BCUT2D eigenvalue weighted by molar-refractivity contribution is 6.03. The second-order valence-corrected chi connectivity index (χ2v) is 7.96. The average molecular weight is 464 g/mol. The molecular weight excluding hydrogens is 443 g/mol. The number of imidazole rings is 1. The lowest BCUT2D eigenvalue weighted by molar-refractivity contribution is -0.124. The Morgan fingerprint density at radius 2 is 2.00 bits per heavy atom. The van der Waals surface area contributed by atoms with Crippen LogP contribution in [0.4, 0.5) is 15.8 Å². The van der Waals surface area contributed by atoms with Crippen LogP contribution in [-0.2, 0) is 9.53 Å². The third-order valence-corrected chi connectivity index (χ3v) is 5.41. The SMILES string of the molecule is Cc1nc(C)c(C(=O)Nc2ccc(F)c(-c3cn4cc(NC(=O)[C@@H]5CCCO5)cnc4n3)c2)o1. The number of hydrogen-bond acceptors (Lipinski definition) is 7. The molecule has 1 fully saturated rings. The molecule has 5 rings (SSSR count). The molecule has 1 aliphatic heterocycles. The van der Waals surface area contributed by atoms with E-state index in [-0.39, 0.29) is 17.2 Å². The van der Waals surface area contributed by atoms with E-state index in [9.17, 15) is 14.0 Å². The van der Waals surface area contributed by atoms with Crippen molar-refractivity contribution in [1.29, 1.82) is 0 Å². The maximum atomic E-state index is 14.7. The van der Waals surface area contributed by atoms with Gasteiger partial charge in [0.2, 0.25) is 11.5 Å². The van der Waals surface area contributed by atoms with Gasteiger partial charge in [0.25, 0.3) is 11.8 Å². The van der Waals surface area contributed by atoms with Crippen molar-refractivity contribution in [1.82, 2.24) is 19.4 Å². The van der Waals surface area contributed by atoms with E-state index in [1.807, 2.05) is 0 Å². The highest BCUT2D eigenvalue weighted by Gasteiger charge is 2.24. The molecule has 0 unspecified atom stereocenters. The normalized spacial score (nSPS) is 15.6. The molecule has 1 aliphatic rings. The first-order valence-electron chi connectivity index (χ1n) is 10.7. The topological polar surface area (TPSA) is 124 Å². The fraction of sp³-hybridized carbons (Fsp3) is 0.261. The average Bonchev–Trinajstić information content (AvgIpc) is 3.54. The van der Waals surface area contributed by atoms with Gasteiger partial charge in [0.1, 0.15) is 11.9 Å². The van der Waals surface area contributed by atoms with Crippen LogP contribution < -0.4 is 10.6 Å². The van der Waals surface area contributed by atoms with Crippen LogP contribution >= 0.6 is 0 Å². The summed E-state index contributed by atoms with van der Waals surface area (Å²) in [5, 5.41) is 5.47. The standard InChI is InChI=1S/C23H21FN6O4/c1-12-20(34-13(2)26-12)22(32)27-14-5-6-17(24)16(8-14)18-11-30-10-15(9-25-23(30)29-18)28-21(31)19-4-3-7-33-19/h5-6,8-11,19H,3-4,7H2,1-2H3,(H,27,32)(H,28,31)/t19-/m0/s1. The Bertz CT molecular complexity index is 1410. The molecule has 4 heterocycles. The summed E-state index contributed by atoms with van der Waals surface area (Å²) < 4.78 is 27.0. The number of oxazole rings is 1. The van der Waals surface area contributed by atoms with Crippen molar-refractivity contribution in [3.63, 3.8) is 0 Å². The number of amides is 2. The number of aryl methyl sites for hydroxylation is 2. The number of anilines is 2. The summed E-state index contributed by atoms with van der Waals surface area (Å²) in [5.74, 6) is -0.430. The lowest BCUT2D eigenvalue weighted by atomic mass is 10.1. The zero-order chi connectivity index (χ0) is 23.8. The van der Waals surface area contributed by atoms with Crippen LogP contribution in [0.25, 0.3) is 17.0 Å². The van der Waals surface area contributed by atoms with E-state index in [0.29, 0.717) is 47.5 Å². The van der Waals surface area contributed by atoms with Gasteiger partial charge in [-0.3, -0.25) is 14.0 Å². The fourth-order valence-corrected chi connectivity index (χ4v) is 3.82. The molecule has 11 heteroatoms. The summed E-state index contributed by atoms with van der Waals surface area (Å²) in [7, 11) is 0. The van der Waals surface area contributed by atoms with Gasteiger partial charge in [-0.05, 0) is 38.0 Å². The van der Waals surface area contributed by atoms with E-state index in [4.69, 9.17) is 9.15 Å². The lowest BCUT2D eigenvalue weighted by Gasteiger charge is -2.10. The van der Waals surface area contributed by atoms with E-state index in [1.54, 1.807) is 30.6 Å². The van der Waals surface area contributed by atoms with Gasteiger partial charge < -0.3 is 19.8 Å². The molecule has 3 aromatic heterocycles. The van der Waals surface area contributed by atoms with E-state index in [1.165, 1.54) is 24.4 Å². The van der Waals surface area contributed by atoms with Crippen molar-refractivity contribution in [2.75, 3.05) is 17.2 Å². The Labute approximate surface area is 193 Å². The molecule has 0 spiro atoms. The van der Waals surface area contributed by atoms with Gasteiger partial charge in [-0.2, -0.15) is 0 Å². The van der Waals surface area contributed by atoms with Crippen molar-refractivity contribution < 1.29 is 23.1 Å². The molecule has 0 bridgehead atoms. The van der Waals surface area contributed by atoms with Gasteiger partial charge in [0.05, 0.1) is 23.3 Å². The minimum atomic E-state index is -0.514. The number of carbonyl (C=O) groups excluding carboxylic acids is 2. The molecule has 1 aromatic carbocycles. The number of aromatic nitrogens is 4. The summed E-state index contributed by atoms with van der Waals surface area (Å²) in [5.41, 5.74) is 1.79. The molecule has 174 valence electrons. The zero-order valence-corrected chi connectivity index (χ0v) is 18.5. The first-order valence-corrected chi connectivity index (χ1v) is 10.7. The van der Waals surface area contributed by atoms with Crippen LogP contribution in [0.3, 0.4) is 0 Å². The highest BCUT2D eigenvalue weighted by atomic mass is 19.1. The quantitative estimate of drug-likeness (QED) is 0.463. The molecule has 0 saturated carbocycles. The number of carbonyl (C=O) groups is 2. The van der Waals surface area contributed by atoms with Gasteiger partial charge in [-0.25, -0.2) is 19.3 Å². The number of halogens is 1. The molecular formula is C23H21FN6O4. The lowest BCUT2D eigenvalue weighted by Crippen LogP contribution is -2.27. The maximum Gasteiger partial charge on any atom is 0.293 e. The number of benzene rings is 1. The fourth-order valence-electron chi connectivity index (χ4n) is 3.82. The van der Waals surface area contributed by atoms with Crippen molar-refractivity contribution >= 4 is 29.0 Å². The van der Waals surface area contributed by atoms with Crippen molar-refractivity contribution in [3.05, 3.63) is 60.0 Å². The highest BCUT2D eigenvalue weighted by Crippen LogP contribution is 2.26. The van der Waals surface area contributed by atoms with Gasteiger partial charge in [-0.15, -0.1) is 0 Å². The van der Waals surface area contributed by atoms with Gasteiger partial charge in [0, 0.05) is 37.2 Å². The van der Waals surface area contributed by atoms with Gasteiger partial charge in [0.15, 0.2) is 5.89 Å². The Morgan fingerprint density at radius 3 is 2.74 bits per heavy atom. The predicted molar refractivity (Wildman–Crippen MR) is 120 cm³/mol. The summed E-state index contributed by atoms with van der Waals surface area (Å²) in [6.45, 7) is 3.89. The molecule has 0 radical (unpaired) electrons. The van der Waals surface area contributed by atoms with Crippen molar-refractivity contribution in [2.45, 2.75) is 32.8 Å². The molecule has 1 saturated heterocycles. The van der Waals surface area contributed by atoms with Crippen LogP contribution in [-0.4, -0.2) is 43.9 Å². The van der Waals surface area contributed by atoms with Crippen LogP contribution in [0.1, 0.15) is 35.0 Å². The van der Waals surface area contributed by atoms with E-state index in [2.05, 4.69) is 25.6 Å². The first kappa shape index (κ1) is 21.7. The third-order valence-electron chi connectivity index (χ3n) is 5.41. The zero-order valence-electron chi connectivity index (χ0n) is 18.5. The summed E-state index contributed by atoms with van der Waals surface area (Å²) >= 11 is 0. The molecule has 2 N–H and O–H groups in total. The second-order valence-electron chi connectivity index (χ2n) is 7.96. The molecule has 1 atom stereocenters. The number of nitrogens with one attached hydrogen (secondary N) is 2. The number of rotatable bonds is 5. The number of ether oxygens (including phenoxy) is 1. The Hall–Kier alpha value is -4.12. The smallest absolute Gasteiger partial charge is 0.293 e. The number of fused-ring (bicyclic) bond motifs is 1. The van der Waals surface area contributed by atoms with E-state index < -0.39 is 17.8 Å². The van der Waals surface area contributed by atoms with Crippen LogP contribution in [0.15, 0.2) is 41.2 Å². The number of nitrogens with zero attached hydrogens (tertiary/aromatic N) is 4. The van der Waals surface area contributed by atoms with Crippen LogP contribution in [0.5, 0.6) is 0 Å². The number of hydrogen-bond donors (Lipinski definition) is 2. The Morgan fingerprint density at radius 1 is 1.15 bits per heavy atom. The van der Waals surface area contributed by atoms with E-state index >= 15 is 0 Å². The minimum Gasteiger partial charge on any atom is -0.436 e. The predicted octanol–water partition coefficient (Wildman–Crippen LogP) is 3.51. The van der Waals surface area contributed by atoms with Gasteiger partial charge in [-0.1, -0.05) is 0 Å². The van der Waals surface area contributed by atoms with Crippen molar-refractivity contribution in [2.24, 2.45) is 0 Å². The van der Waals surface area contributed by atoms with Crippen LogP contribution in [0, 0.1) is 19.7 Å². The first-order chi connectivity index (χ1) is 16.4. The molecule has 0 aliphatic carbocycles. The minimum absolute atomic E-state index is 0.0953. The third kappa shape index (κ3) is 4.25. The monoisotopic (exact) mass is 464 g/mol. The molecule has 10 nitrogen and oxygen atoms in total. The molecule has 34 heavy (non-hydrogen) atoms. The summed E-state index contributed by atoms with van der Waals surface area (Å²) in [6, 6.07) is 4.17. The molecule has 4 aromatic rings. The Balaban J connectivity index is 1.38. The Kier molecular flexibility index (Phi) is 5.54. The van der Waals surface area contributed by atoms with Crippen molar-refractivity contribution in [3.8, 4) is 11.3 Å². The summed E-state index contributed by atoms with van der Waals surface area (Å²) in [4.78, 5) is 37.5. The maximum absolute atomic E-state index is 14.7. The second kappa shape index (κ2) is 8.67.